The molecule has 39 heavy (non-hydrogen) atoms. The monoisotopic (exact) mass is 547 g/mol. The molecule has 4 rings (SSSR count). The predicted octanol–water partition coefficient (Wildman–Crippen LogP) is 6.17. The Hall–Kier alpha value is -3.30. The lowest BCUT2D eigenvalue weighted by molar-refractivity contribution is -0.154. The average molecular weight is 548 g/mol. The minimum absolute atomic E-state index is 0.0991. The third-order valence-corrected chi connectivity index (χ3v) is 7.92. The maximum atomic E-state index is 14.1. The van der Waals surface area contributed by atoms with Crippen molar-refractivity contribution in [2.24, 2.45) is 17.3 Å². The number of carboxylic acids is 1. The second-order valence-corrected chi connectivity index (χ2v) is 11.6. The van der Waals surface area contributed by atoms with Gasteiger partial charge in [-0.25, -0.2) is 4.79 Å². The van der Waals surface area contributed by atoms with Gasteiger partial charge in [-0.15, -0.1) is 0 Å². The number of alkyl halides is 3. The second kappa shape index (κ2) is 11.1. The number of halogens is 3. The molecule has 2 aliphatic rings. The SMILES string of the molecule is COc1cc(C(F)(F)F)cc(N[C@@H]2[C@@H](C(C)(C)C)[C@H](C(=O)O)N(C(=O)C3CCCCC3)[C@@H]2c2ccccc2)n1. The van der Waals surface area contributed by atoms with Crippen molar-refractivity contribution in [2.75, 3.05) is 12.4 Å². The van der Waals surface area contributed by atoms with Crippen molar-refractivity contribution < 1.29 is 32.6 Å². The summed E-state index contributed by atoms with van der Waals surface area (Å²) in [6, 6.07) is 8.12. The van der Waals surface area contributed by atoms with Crippen LogP contribution in [0.4, 0.5) is 19.0 Å². The highest BCUT2D eigenvalue weighted by Crippen LogP contribution is 2.50. The van der Waals surface area contributed by atoms with Crippen LogP contribution in [0.1, 0.15) is 70.0 Å². The molecule has 2 heterocycles. The number of amides is 1. The third kappa shape index (κ3) is 5.99. The molecule has 1 aliphatic heterocycles. The quantitative estimate of drug-likeness (QED) is 0.450. The number of carbonyl (C=O) groups excluding carboxylic acids is 1. The zero-order valence-electron chi connectivity index (χ0n) is 22.7. The molecule has 7 nitrogen and oxygen atoms in total. The smallest absolute Gasteiger partial charge is 0.416 e. The first-order valence-electron chi connectivity index (χ1n) is 13.3. The number of nitrogens with one attached hydrogen (secondary N) is 1. The molecule has 4 atom stereocenters. The van der Waals surface area contributed by atoms with E-state index >= 15 is 0 Å². The van der Waals surface area contributed by atoms with Crippen LogP contribution in [0.2, 0.25) is 0 Å². The number of rotatable bonds is 6. The van der Waals surface area contributed by atoms with Gasteiger partial charge in [0.25, 0.3) is 0 Å². The number of aromatic nitrogens is 1. The van der Waals surface area contributed by atoms with E-state index in [0.29, 0.717) is 18.4 Å². The van der Waals surface area contributed by atoms with E-state index in [1.54, 1.807) is 12.1 Å². The molecule has 0 unspecified atom stereocenters. The Labute approximate surface area is 226 Å². The first-order valence-corrected chi connectivity index (χ1v) is 13.3. The Morgan fingerprint density at radius 2 is 1.69 bits per heavy atom. The van der Waals surface area contributed by atoms with Crippen molar-refractivity contribution in [3.8, 4) is 5.88 Å². The number of ether oxygens (including phenoxy) is 1. The summed E-state index contributed by atoms with van der Waals surface area (Å²) >= 11 is 0. The highest BCUT2D eigenvalue weighted by molar-refractivity contribution is 5.87. The maximum absolute atomic E-state index is 14.1. The summed E-state index contributed by atoms with van der Waals surface area (Å²) in [6.07, 6.45) is -0.433. The zero-order chi connectivity index (χ0) is 28.5. The maximum Gasteiger partial charge on any atom is 0.416 e. The number of methoxy groups -OCH3 is 1. The average Bonchev–Trinajstić information content (AvgIpc) is 3.24. The summed E-state index contributed by atoms with van der Waals surface area (Å²) in [4.78, 5) is 32.7. The minimum Gasteiger partial charge on any atom is -0.481 e. The van der Waals surface area contributed by atoms with Gasteiger partial charge in [0.1, 0.15) is 11.9 Å². The lowest BCUT2D eigenvalue weighted by Crippen LogP contribution is -2.49. The fourth-order valence-electron chi connectivity index (χ4n) is 6.24. The normalized spacial score (nSPS) is 24.4. The van der Waals surface area contributed by atoms with Gasteiger partial charge in [0.2, 0.25) is 11.8 Å². The zero-order valence-corrected chi connectivity index (χ0v) is 22.7. The molecule has 2 fully saturated rings. The summed E-state index contributed by atoms with van der Waals surface area (Å²) in [5.41, 5.74) is -0.874. The number of benzene rings is 1. The molecule has 1 saturated heterocycles. The fraction of sp³-hybridized carbons (Fsp3) is 0.552. The number of pyridine rings is 1. The van der Waals surface area contributed by atoms with E-state index in [4.69, 9.17) is 4.74 Å². The first-order chi connectivity index (χ1) is 18.3. The van der Waals surface area contributed by atoms with Gasteiger partial charge in [-0.05, 0) is 29.9 Å². The Morgan fingerprint density at radius 1 is 1.05 bits per heavy atom. The van der Waals surface area contributed by atoms with Gasteiger partial charge in [0.15, 0.2) is 0 Å². The van der Waals surface area contributed by atoms with Crippen LogP contribution in [-0.4, -0.2) is 46.1 Å². The van der Waals surface area contributed by atoms with Crippen molar-refractivity contribution in [1.29, 1.82) is 0 Å². The largest absolute Gasteiger partial charge is 0.481 e. The number of hydrogen-bond acceptors (Lipinski definition) is 5. The van der Waals surface area contributed by atoms with Gasteiger partial charge in [-0.2, -0.15) is 18.2 Å². The van der Waals surface area contributed by atoms with Crippen LogP contribution in [-0.2, 0) is 15.8 Å². The molecule has 10 heteroatoms. The number of carbonyl (C=O) groups is 2. The van der Waals surface area contributed by atoms with E-state index in [1.165, 1.54) is 12.0 Å². The predicted molar refractivity (Wildman–Crippen MR) is 140 cm³/mol. The van der Waals surface area contributed by atoms with E-state index < -0.39 is 47.2 Å². The Kier molecular flexibility index (Phi) is 8.14. The summed E-state index contributed by atoms with van der Waals surface area (Å²) in [7, 11) is 1.23. The van der Waals surface area contributed by atoms with E-state index in [2.05, 4.69) is 10.3 Å². The molecule has 1 saturated carbocycles. The topological polar surface area (TPSA) is 91.8 Å². The molecule has 0 radical (unpaired) electrons. The highest BCUT2D eigenvalue weighted by Gasteiger charge is 2.58. The van der Waals surface area contributed by atoms with Crippen LogP contribution in [0.15, 0.2) is 42.5 Å². The highest BCUT2D eigenvalue weighted by atomic mass is 19.4. The molecule has 1 aromatic carbocycles. The van der Waals surface area contributed by atoms with Crippen LogP contribution < -0.4 is 10.1 Å². The summed E-state index contributed by atoms with van der Waals surface area (Å²) in [5, 5.41) is 13.7. The van der Waals surface area contributed by atoms with Gasteiger partial charge in [0.05, 0.1) is 24.8 Å². The lowest BCUT2D eigenvalue weighted by atomic mass is 9.72. The van der Waals surface area contributed by atoms with Gasteiger partial charge in [-0.1, -0.05) is 70.4 Å². The van der Waals surface area contributed by atoms with E-state index in [-0.39, 0.29) is 23.5 Å². The second-order valence-electron chi connectivity index (χ2n) is 11.6. The fourth-order valence-corrected chi connectivity index (χ4v) is 6.24. The number of carboxylic acid groups (broad SMARTS) is 1. The van der Waals surface area contributed by atoms with Crippen LogP contribution in [0, 0.1) is 17.3 Å². The van der Waals surface area contributed by atoms with Gasteiger partial charge >= 0.3 is 12.1 Å². The number of anilines is 1. The molecular weight excluding hydrogens is 511 g/mol. The molecule has 1 aliphatic carbocycles. The number of nitrogens with zero attached hydrogens (tertiary/aromatic N) is 2. The minimum atomic E-state index is -4.64. The molecule has 0 spiro atoms. The van der Waals surface area contributed by atoms with Crippen LogP contribution in [0.25, 0.3) is 0 Å². The van der Waals surface area contributed by atoms with Crippen molar-refractivity contribution in [3.05, 3.63) is 53.6 Å². The third-order valence-electron chi connectivity index (χ3n) is 7.92. The van der Waals surface area contributed by atoms with Gasteiger partial charge in [-0.3, -0.25) is 4.79 Å². The summed E-state index contributed by atoms with van der Waals surface area (Å²) < 4.78 is 46.2. The number of likely N-dealkylation sites (tertiary alicyclic amines) is 1. The number of aliphatic carboxylic acids is 1. The van der Waals surface area contributed by atoms with E-state index in [0.717, 1.165) is 31.4 Å². The summed E-state index contributed by atoms with van der Waals surface area (Å²) in [5.74, 6) is -2.63. The van der Waals surface area contributed by atoms with Crippen molar-refractivity contribution >= 4 is 17.7 Å². The molecule has 212 valence electrons. The van der Waals surface area contributed by atoms with E-state index in [1.807, 2.05) is 39.0 Å². The standard InChI is InChI=1S/C29H36F3N3O4/c1-28(2,3)22-23(34-20-15-19(29(30,31)32)16-21(33-20)39-4)24(17-11-7-5-8-12-17)35(25(22)27(37)38)26(36)18-13-9-6-10-14-18/h5,7-8,11-12,15-16,18,22-25H,6,9-10,13-14H2,1-4H3,(H,33,34)(H,37,38)/t22-,23-,24-,25-/m1/s1. The Morgan fingerprint density at radius 3 is 2.23 bits per heavy atom. The molecule has 2 aromatic rings. The Bertz CT molecular complexity index is 1180. The van der Waals surface area contributed by atoms with Crippen LogP contribution in [0.5, 0.6) is 5.88 Å². The van der Waals surface area contributed by atoms with Crippen molar-refractivity contribution in [2.45, 2.75) is 77.2 Å². The van der Waals surface area contributed by atoms with Crippen LogP contribution >= 0.6 is 0 Å². The molecule has 1 amide bonds. The van der Waals surface area contributed by atoms with Gasteiger partial charge in [0, 0.05) is 17.9 Å². The summed E-state index contributed by atoms with van der Waals surface area (Å²) in [6.45, 7) is 5.66. The molecule has 2 N–H and O–H groups in total. The van der Waals surface area contributed by atoms with Crippen molar-refractivity contribution in [3.63, 3.8) is 0 Å². The first kappa shape index (κ1) is 28.7. The van der Waals surface area contributed by atoms with Crippen LogP contribution in [0.3, 0.4) is 0 Å². The van der Waals surface area contributed by atoms with Crippen molar-refractivity contribution in [1.82, 2.24) is 9.88 Å². The van der Waals surface area contributed by atoms with Gasteiger partial charge < -0.3 is 20.1 Å². The van der Waals surface area contributed by atoms with E-state index in [9.17, 15) is 27.9 Å². The molecule has 1 aromatic heterocycles. The lowest BCUT2D eigenvalue weighted by Gasteiger charge is -2.36. The molecule has 0 bridgehead atoms. The number of hydrogen-bond donors (Lipinski definition) is 2. The molecular formula is C29H36F3N3O4. The Balaban J connectivity index is 1.89.